The summed E-state index contributed by atoms with van der Waals surface area (Å²) in [7, 11) is 0. The molecule has 4 saturated carbocycles. The molecular formula is C40H55ClO4. The Labute approximate surface area is 276 Å². The molecule has 4 nitrogen and oxygen atoms in total. The summed E-state index contributed by atoms with van der Waals surface area (Å²) in [5.41, 5.74) is 2.80. The Balaban J connectivity index is 1.36. The van der Waals surface area contributed by atoms with Gasteiger partial charge in [-0.05, 0) is 120 Å². The third-order valence-electron chi connectivity index (χ3n) is 14.8. The molecule has 0 bridgehead atoms. The topological polar surface area (TPSA) is 60.4 Å². The summed E-state index contributed by atoms with van der Waals surface area (Å²) in [6.45, 7) is 18.2. The molecule has 4 fully saturated rings. The van der Waals surface area contributed by atoms with Gasteiger partial charge in [0.1, 0.15) is 11.9 Å². The molecule has 5 aliphatic carbocycles. The van der Waals surface area contributed by atoms with Crippen LogP contribution >= 0.6 is 11.6 Å². The number of ether oxygens (including phenoxy) is 1. The summed E-state index contributed by atoms with van der Waals surface area (Å²) in [6, 6.07) is 7.82. The lowest BCUT2D eigenvalue weighted by Crippen LogP contribution is -2.66. The van der Waals surface area contributed by atoms with E-state index in [1.807, 2.05) is 24.3 Å². The van der Waals surface area contributed by atoms with E-state index in [-0.39, 0.29) is 57.1 Å². The van der Waals surface area contributed by atoms with Crippen molar-refractivity contribution in [3.8, 4) is 0 Å². The second-order valence-corrected chi connectivity index (χ2v) is 17.7. The molecule has 0 radical (unpaired) electrons. The molecule has 0 aliphatic heterocycles. The van der Waals surface area contributed by atoms with Crippen LogP contribution in [0, 0.1) is 50.7 Å². The zero-order valence-electron chi connectivity index (χ0n) is 29.0. The van der Waals surface area contributed by atoms with Gasteiger partial charge in [-0.2, -0.15) is 0 Å². The van der Waals surface area contributed by atoms with E-state index in [2.05, 4.69) is 48.5 Å². The van der Waals surface area contributed by atoms with Crippen LogP contribution in [0.1, 0.15) is 125 Å². The SMILES string of the molecule is CC(=O)O[C@H]1CC[C@]2(C)[C@H]3CC[C@@H]4C5=C(C(C)C)C(=O)C[C@]5(C(=O)CCc5ccccc5Cl)CC[C@@]4(C)[C@]3(C)CC[C@H]2C1(C)C. The average Bonchev–Trinajstić information content (AvgIpc) is 3.27. The van der Waals surface area contributed by atoms with Crippen LogP contribution in [0.3, 0.4) is 0 Å². The minimum absolute atomic E-state index is 0.0212. The van der Waals surface area contributed by atoms with Crippen molar-refractivity contribution in [2.45, 2.75) is 132 Å². The van der Waals surface area contributed by atoms with Gasteiger partial charge in [0.25, 0.3) is 0 Å². The molecule has 0 unspecified atom stereocenters. The van der Waals surface area contributed by atoms with Crippen molar-refractivity contribution in [1.82, 2.24) is 0 Å². The maximum atomic E-state index is 14.5. The Morgan fingerprint density at radius 3 is 2.29 bits per heavy atom. The van der Waals surface area contributed by atoms with Crippen molar-refractivity contribution in [3.63, 3.8) is 0 Å². The third-order valence-corrected chi connectivity index (χ3v) is 15.2. The summed E-state index contributed by atoms with van der Waals surface area (Å²) in [5.74, 6) is 1.72. The van der Waals surface area contributed by atoms with E-state index in [1.165, 1.54) is 5.57 Å². The van der Waals surface area contributed by atoms with E-state index in [4.69, 9.17) is 16.3 Å². The van der Waals surface area contributed by atoms with Gasteiger partial charge in [0.05, 0.1) is 5.41 Å². The maximum absolute atomic E-state index is 14.5. The smallest absolute Gasteiger partial charge is 0.302 e. The van der Waals surface area contributed by atoms with Gasteiger partial charge >= 0.3 is 5.97 Å². The monoisotopic (exact) mass is 634 g/mol. The van der Waals surface area contributed by atoms with Gasteiger partial charge in [-0.15, -0.1) is 0 Å². The van der Waals surface area contributed by atoms with E-state index in [0.29, 0.717) is 36.1 Å². The van der Waals surface area contributed by atoms with Crippen molar-refractivity contribution in [1.29, 1.82) is 0 Å². The normalized spacial score (nSPS) is 40.4. The molecule has 0 saturated heterocycles. The maximum Gasteiger partial charge on any atom is 0.302 e. The Kier molecular flexibility index (Phi) is 8.11. The predicted molar refractivity (Wildman–Crippen MR) is 180 cm³/mol. The van der Waals surface area contributed by atoms with Crippen LogP contribution in [0.15, 0.2) is 35.4 Å². The summed E-state index contributed by atoms with van der Waals surface area (Å²) < 4.78 is 5.93. The Bertz CT molecular complexity index is 1440. The molecule has 0 N–H and O–H groups in total. The van der Waals surface area contributed by atoms with Crippen LogP contribution in [-0.2, 0) is 25.5 Å². The molecule has 6 rings (SSSR count). The molecule has 0 amide bonds. The Morgan fingerprint density at radius 2 is 1.62 bits per heavy atom. The van der Waals surface area contributed by atoms with E-state index in [1.54, 1.807) is 6.92 Å². The number of aryl methyl sites for hydroxylation is 1. The van der Waals surface area contributed by atoms with Gasteiger partial charge in [-0.1, -0.05) is 78.3 Å². The van der Waals surface area contributed by atoms with E-state index < -0.39 is 5.41 Å². The highest BCUT2D eigenvalue weighted by Crippen LogP contribution is 2.76. The summed E-state index contributed by atoms with van der Waals surface area (Å²) >= 11 is 6.49. The fourth-order valence-corrected chi connectivity index (χ4v) is 12.8. The molecule has 1 aromatic carbocycles. The Hall–Kier alpha value is -1.94. The van der Waals surface area contributed by atoms with Crippen molar-refractivity contribution >= 4 is 29.1 Å². The molecule has 246 valence electrons. The van der Waals surface area contributed by atoms with Crippen molar-refractivity contribution < 1.29 is 19.1 Å². The number of ketones is 2. The standard InChI is InChI=1S/C40H55ClO4/c1-24(2)34-29(43)23-40(32(44)16-13-26-11-9-10-12-28(26)41)22-21-38(7)27(35(34)40)14-15-31-37(6)19-18-33(45-25(3)42)36(4,5)30(37)17-20-39(31,38)8/h9-12,24,27,30-31,33H,13-23H2,1-8H3/t27-,30+,31-,33+,37+,38-,39-,40+/m1/s1. The lowest BCUT2D eigenvalue weighted by atomic mass is 9.33. The highest BCUT2D eigenvalue weighted by atomic mass is 35.5. The van der Waals surface area contributed by atoms with Crippen LogP contribution in [0.25, 0.3) is 0 Å². The van der Waals surface area contributed by atoms with Gasteiger partial charge in [0, 0.05) is 30.2 Å². The molecule has 0 heterocycles. The van der Waals surface area contributed by atoms with Gasteiger partial charge in [0.15, 0.2) is 5.78 Å². The highest BCUT2D eigenvalue weighted by molar-refractivity contribution is 6.31. The number of hydrogen-bond donors (Lipinski definition) is 0. The predicted octanol–water partition coefficient (Wildman–Crippen LogP) is 9.75. The van der Waals surface area contributed by atoms with E-state index in [0.717, 1.165) is 62.5 Å². The van der Waals surface area contributed by atoms with Crippen LogP contribution in [0.4, 0.5) is 0 Å². The first-order chi connectivity index (χ1) is 21.0. The zero-order chi connectivity index (χ0) is 32.7. The van der Waals surface area contributed by atoms with Gasteiger partial charge in [-0.3, -0.25) is 14.4 Å². The molecule has 5 heteroatoms. The molecule has 1 aromatic rings. The van der Waals surface area contributed by atoms with Crippen molar-refractivity contribution in [2.75, 3.05) is 0 Å². The number of fused-ring (bicyclic) bond motifs is 7. The zero-order valence-corrected chi connectivity index (χ0v) is 29.7. The average molecular weight is 635 g/mol. The summed E-state index contributed by atoms with van der Waals surface area (Å²) in [6.07, 6.45) is 9.60. The van der Waals surface area contributed by atoms with E-state index >= 15 is 0 Å². The van der Waals surface area contributed by atoms with Gasteiger partial charge in [0.2, 0.25) is 0 Å². The summed E-state index contributed by atoms with van der Waals surface area (Å²) in [5, 5.41) is 0.709. The number of hydrogen-bond acceptors (Lipinski definition) is 4. The first-order valence-corrected chi connectivity index (χ1v) is 18.1. The second-order valence-electron chi connectivity index (χ2n) is 17.3. The van der Waals surface area contributed by atoms with Crippen molar-refractivity contribution in [3.05, 3.63) is 46.0 Å². The summed E-state index contributed by atoms with van der Waals surface area (Å²) in [4.78, 5) is 40.4. The highest BCUT2D eigenvalue weighted by Gasteiger charge is 2.70. The largest absolute Gasteiger partial charge is 0.462 e. The third kappa shape index (κ3) is 4.68. The number of halogens is 1. The number of carbonyl (C=O) groups excluding carboxylic acids is 3. The molecule has 0 aromatic heterocycles. The van der Waals surface area contributed by atoms with Gasteiger partial charge < -0.3 is 4.74 Å². The fourth-order valence-electron chi connectivity index (χ4n) is 12.5. The van der Waals surface area contributed by atoms with E-state index in [9.17, 15) is 14.4 Å². The van der Waals surface area contributed by atoms with Crippen LogP contribution in [0.5, 0.6) is 0 Å². The van der Waals surface area contributed by atoms with Crippen LogP contribution in [-0.4, -0.2) is 23.6 Å². The minimum Gasteiger partial charge on any atom is -0.462 e. The first kappa shape index (κ1) is 33.0. The first-order valence-electron chi connectivity index (χ1n) is 17.7. The quantitative estimate of drug-likeness (QED) is 0.292. The number of Topliss-reactive ketones (excluding diaryl/α,β-unsaturated/α-hetero) is 2. The molecule has 8 atom stereocenters. The van der Waals surface area contributed by atoms with Crippen LogP contribution in [0.2, 0.25) is 5.02 Å². The molecule has 45 heavy (non-hydrogen) atoms. The number of carbonyl (C=O) groups is 3. The Morgan fingerprint density at radius 1 is 0.911 bits per heavy atom. The fraction of sp³-hybridized carbons (Fsp3) is 0.725. The molecule has 0 spiro atoms. The van der Waals surface area contributed by atoms with Gasteiger partial charge in [-0.25, -0.2) is 0 Å². The molecule has 5 aliphatic rings. The lowest BCUT2D eigenvalue weighted by molar-refractivity contribution is -0.232. The molecular weight excluding hydrogens is 580 g/mol. The minimum atomic E-state index is -0.656. The number of allylic oxidation sites excluding steroid dienone is 2. The number of benzene rings is 1. The lowest BCUT2D eigenvalue weighted by Gasteiger charge is -2.72. The second kappa shape index (κ2) is 11.1. The van der Waals surface area contributed by atoms with Crippen LogP contribution < -0.4 is 0 Å². The van der Waals surface area contributed by atoms with Crippen molar-refractivity contribution in [2.24, 2.45) is 50.7 Å². The number of rotatable bonds is 6. The number of esters is 1.